The Kier molecular flexibility index (Phi) is 8.59. The average Bonchev–Trinajstić information content (AvgIpc) is 2.92. The zero-order chi connectivity index (χ0) is 25.9. The lowest BCUT2D eigenvalue weighted by molar-refractivity contribution is 0.474. The summed E-state index contributed by atoms with van der Waals surface area (Å²) in [4.78, 5) is 8.84. The monoisotopic (exact) mass is 490 g/mol. The second-order valence-electron chi connectivity index (χ2n) is 8.18. The zero-order valence-corrected chi connectivity index (χ0v) is 20.3. The molecule has 0 saturated heterocycles. The molecule has 0 heterocycles. The van der Waals surface area contributed by atoms with Crippen LogP contribution in [0.25, 0.3) is 0 Å². The summed E-state index contributed by atoms with van der Waals surface area (Å²) in [6.07, 6.45) is 3.21. The topological polar surface area (TPSA) is 115 Å². The number of aliphatic imine (C=N–C) groups is 2. The summed E-state index contributed by atoms with van der Waals surface area (Å²) in [6.45, 7) is 2.33. The van der Waals surface area contributed by atoms with Gasteiger partial charge in [-0.05, 0) is 55.5 Å². The van der Waals surface area contributed by atoms with Gasteiger partial charge in [0.2, 0.25) is 0 Å². The number of phenols is 2. The highest BCUT2D eigenvalue weighted by Crippen LogP contribution is 2.26. The molecule has 1 unspecified atom stereocenters. The molecule has 4 rings (SSSR count). The normalized spacial score (nSPS) is 12.8. The summed E-state index contributed by atoms with van der Waals surface area (Å²) >= 11 is 0. The maximum Gasteiger partial charge on any atom is 0.126 e. The second kappa shape index (κ2) is 12.6. The molecule has 0 radical (unpaired) electrons. The quantitative estimate of drug-likeness (QED) is 0.184. The molecule has 0 aliphatic carbocycles. The summed E-state index contributed by atoms with van der Waals surface area (Å²) in [6, 6.07) is 28.7. The van der Waals surface area contributed by atoms with Crippen molar-refractivity contribution in [3.63, 3.8) is 0 Å². The van der Waals surface area contributed by atoms with E-state index in [2.05, 4.69) is 30.4 Å². The lowest BCUT2D eigenvalue weighted by atomic mass is 10.2. The van der Waals surface area contributed by atoms with Crippen LogP contribution in [0.3, 0.4) is 0 Å². The minimum Gasteiger partial charge on any atom is -0.507 e. The summed E-state index contributed by atoms with van der Waals surface area (Å²) in [5, 5.41) is 37.2. The Morgan fingerprint density at radius 2 is 1.05 bits per heavy atom. The molecule has 4 aromatic rings. The Morgan fingerprint density at radius 1 is 0.595 bits per heavy atom. The fourth-order valence-electron chi connectivity index (χ4n) is 3.19. The molecule has 0 saturated carbocycles. The van der Waals surface area contributed by atoms with Crippen LogP contribution in [0, 0.1) is 0 Å². The Labute approximate surface area is 215 Å². The van der Waals surface area contributed by atoms with E-state index >= 15 is 0 Å². The molecule has 2 N–H and O–H groups in total. The predicted octanol–water partition coefficient (Wildman–Crippen LogP) is 7.86. The van der Waals surface area contributed by atoms with Gasteiger partial charge in [0.1, 0.15) is 11.5 Å². The molecule has 8 nitrogen and oxygen atoms in total. The first kappa shape index (κ1) is 25.1. The first-order valence-electron chi connectivity index (χ1n) is 11.7. The average molecular weight is 491 g/mol. The van der Waals surface area contributed by atoms with Crippen LogP contribution < -0.4 is 0 Å². The lowest BCUT2D eigenvalue weighted by Gasteiger charge is -2.04. The summed E-state index contributed by atoms with van der Waals surface area (Å²) in [5.41, 5.74) is 3.72. The Hall–Kier alpha value is -4.98. The number of hydrogen-bond acceptors (Lipinski definition) is 8. The summed E-state index contributed by atoms with van der Waals surface area (Å²) in [5.74, 6) is 0.136. The number of hydrogen-bond donors (Lipinski definition) is 2. The van der Waals surface area contributed by atoms with Crippen LogP contribution >= 0.6 is 0 Å². The van der Waals surface area contributed by atoms with Crippen molar-refractivity contribution in [1.82, 2.24) is 0 Å². The molecule has 0 aromatic heterocycles. The highest BCUT2D eigenvalue weighted by Gasteiger charge is 2.03. The number of azo groups is 2. The van der Waals surface area contributed by atoms with Gasteiger partial charge >= 0.3 is 0 Å². The van der Waals surface area contributed by atoms with E-state index in [1.54, 1.807) is 48.8 Å². The Balaban J connectivity index is 1.31. The number of phenolic OH excluding ortho intramolecular Hbond substituents is 2. The van der Waals surface area contributed by atoms with E-state index in [4.69, 9.17) is 0 Å². The van der Waals surface area contributed by atoms with Gasteiger partial charge in [0.15, 0.2) is 0 Å². The maximum atomic E-state index is 10.3. The van der Waals surface area contributed by atoms with Gasteiger partial charge in [-0.1, -0.05) is 36.4 Å². The molecule has 0 aliphatic rings. The molecule has 184 valence electrons. The zero-order valence-electron chi connectivity index (χ0n) is 20.3. The van der Waals surface area contributed by atoms with Crippen LogP contribution in [0.15, 0.2) is 128 Å². The van der Waals surface area contributed by atoms with E-state index in [1.165, 1.54) is 0 Å². The van der Waals surface area contributed by atoms with Gasteiger partial charge in [-0.3, -0.25) is 9.98 Å². The van der Waals surface area contributed by atoms with Gasteiger partial charge in [0, 0.05) is 35.7 Å². The van der Waals surface area contributed by atoms with E-state index in [9.17, 15) is 10.2 Å². The molecule has 0 amide bonds. The van der Waals surface area contributed by atoms with Gasteiger partial charge in [0.05, 0.1) is 35.3 Å². The van der Waals surface area contributed by atoms with Crippen molar-refractivity contribution in [2.24, 2.45) is 30.4 Å². The second-order valence-corrected chi connectivity index (χ2v) is 8.18. The minimum atomic E-state index is -0.130. The van der Waals surface area contributed by atoms with Crippen molar-refractivity contribution in [3.8, 4) is 11.5 Å². The van der Waals surface area contributed by atoms with Gasteiger partial charge in [-0.2, -0.15) is 20.5 Å². The van der Waals surface area contributed by atoms with Crippen LogP contribution in [-0.2, 0) is 0 Å². The Morgan fingerprint density at radius 3 is 1.54 bits per heavy atom. The first-order chi connectivity index (χ1) is 18.1. The van der Waals surface area contributed by atoms with E-state index in [1.807, 2.05) is 67.6 Å². The minimum absolute atomic E-state index is 0.0680. The molecule has 0 bridgehead atoms. The number of rotatable bonds is 9. The smallest absolute Gasteiger partial charge is 0.126 e. The van der Waals surface area contributed by atoms with Crippen LogP contribution in [0.2, 0.25) is 0 Å². The van der Waals surface area contributed by atoms with Crippen LogP contribution in [0.5, 0.6) is 11.5 Å². The third-order valence-electron chi connectivity index (χ3n) is 5.17. The van der Waals surface area contributed by atoms with Gasteiger partial charge in [-0.15, -0.1) is 0 Å². The highest BCUT2D eigenvalue weighted by atomic mass is 16.3. The Bertz CT molecular complexity index is 1430. The van der Waals surface area contributed by atoms with Crippen molar-refractivity contribution in [2.45, 2.75) is 13.0 Å². The SMILES string of the molecule is CC(CN=Cc1ccc(N=Nc2ccccc2)cc1O)N=Cc1ccc(N=Nc2ccccc2)cc1O. The first-order valence-corrected chi connectivity index (χ1v) is 11.7. The molecule has 0 spiro atoms. The molecule has 4 aromatic carbocycles. The van der Waals surface area contributed by atoms with Crippen LogP contribution in [0.4, 0.5) is 22.7 Å². The standard InChI is InChI=1S/C29H26N6O2/c1-21(31-20-23-13-15-27(17-29(23)37)35-33-25-10-6-3-7-11-25)18-30-19-22-12-14-26(16-28(22)36)34-32-24-8-4-2-5-9-24/h2-17,19-21,36-37H,18H2,1H3. The molecule has 0 aliphatic heterocycles. The van der Waals surface area contributed by atoms with E-state index < -0.39 is 0 Å². The third kappa shape index (κ3) is 7.76. The highest BCUT2D eigenvalue weighted by molar-refractivity contribution is 5.85. The largest absolute Gasteiger partial charge is 0.507 e. The summed E-state index contributed by atoms with van der Waals surface area (Å²) < 4.78 is 0. The van der Waals surface area contributed by atoms with Crippen molar-refractivity contribution >= 4 is 35.2 Å². The third-order valence-corrected chi connectivity index (χ3v) is 5.17. The van der Waals surface area contributed by atoms with Gasteiger partial charge in [0.25, 0.3) is 0 Å². The number of benzene rings is 4. The van der Waals surface area contributed by atoms with Gasteiger partial charge in [-0.25, -0.2) is 0 Å². The molecule has 0 fully saturated rings. The van der Waals surface area contributed by atoms with Crippen LogP contribution in [-0.4, -0.2) is 35.2 Å². The molecule has 37 heavy (non-hydrogen) atoms. The molecular formula is C29H26N6O2. The van der Waals surface area contributed by atoms with Crippen LogP contribution in [0.1, 0.15) is 18.1 Å². The van der Waals surface area contributed by atoms with E-state index in [0.717, 1.165) is 11.4 Å². The fourth-order valence-corrected chi connectivity index (χ4v) is 3.19. The fraction of sp³-hybridized carbons (Fsp3) is 0.103. The summed E-state index contributed by atoms with van der Waals surface area (Å²) in [7, 11) is 0. The predicted molar refractivity (Wildman–Crippen MR) is 147 cm³/mol. The van der Waals surface area contributed by atoms with Crippen molar-refractivity contribution in [2.75, 3.05) is 6.54 Å². The van der Waals surface area contributed by atoms with E-state index in [-0.39, 0.29) is 17.5 Å². The molecular weight excluding hydrogens is 464 g/mol. The van der Waals surface area contributed by atoms with Gasteiger partial charge < -0.3 is 10.2 Å². The number of aromatic hydroxyl groups is 2. The lowest BCUT2D eigenvalue weighted by Crippen LogP contribution is -2.04. The van der Waals surface area contributed by atoms with Crippen molar-refractivity contribution in [3.05, 3.63) is 108 Å². The maximum absolute atomic E-state index is 10.3. The molecule has 8 heteroatoms. The van der Waals surface area contributed by atoms with Crippen molar-refractivity contribution < 1.29 is 10.2 Å². The molecule has 1 atom stereocenters. The number of nitrogens with zero attached hydrogens (tertiary/aromatic N) is 6. The van der Waals surface area contributed by atoms with Crippen molar-refractivity contribution in [1.29, 1.82) is 0 Å². The van der Waals surface area contributed by atoms with E-state index in [0.29, 0.717) is 29.0 Å².